The average molecular weight is 228 g/mol. The predicted octanol–water partition coefficient (Wildman–Crippen LogP) is 2.30. The van der Waals surface area contributed by atoms with Crippen LogP contribution in [0.15, 0.2) is 23.1 Å². The van der Waals surface area contributed by atoms with Gasteiger partial charge in [-0.1, -0.05) is 0 Å². The number of nitrogens with two attached hydrogens (primary N) is 1. The van der Waals surface area contributed by atoms with Gasteiger partial charge in [-0.2, -0.15) is 5.26 Å². The van der Waals surface area contributed by atoms with Crippen LogP contribution in [0.1, 0.15) is 6.42 Å². The summed E-state index contributed by atoms with van der Waals surface area (Å²) in [6, 6.07) is 4.62. The van der Waals surface area contributed by atoms with E-state index in [0.717, 1.165) is 30.0 Å². The molecule has 2 N–H and O–H groups in total. The fourth-order valence-electron chi connectivity index (χ4n) is 0.948. The van der Waals surface area contributed by atoms with E-state index in [-0.39, 0.29) is 4.90 Å². The number of hydrogen-bond donors (Lipinski definition) is 1. The zero-order chi connectivity index (χ0) is 11.3. The Kier molecular flexibility index (Phi) is 4.53. The standard InChI is InChI=1S/C10H10F2N2S/c11-7-1-2-9(12)10(5-7)15-4-3-8(14)6-13/h1-2,5,8H,3-4,14H2. The molecule has 1 atom stereocenters. The Morgan fingerprint density at radius 3 is 2.87 bits per heavy atom. The number of hydrogen-bond acceptors (Lipinski definition) is 3. The largest absolute Gasteiger partial charge is 0.316 e. The fraction of sp³-hybridized carbons (Fsp3) is 0.300. The third-order valence-corrected chi connectivity index (χ3v) is 2.81. The highest BCUT2D eigenvalue weighted by molar-refractivity contribution is 7.99. The molecule has 1 unspecified atom stereocenters. The maximum Gasteiger partial charge on any atom is 0.136 e. The van der Waals surface area contributed by atoms with E-state index in [4.69, 9.17) is 11.0 Å². The maximum absolute atomic E-state index is 13.1. The predicted molar refractivity (Wildman–Crippen MR) is 55.3 cm³/mol. The second-order valence-corrected chi connectivity index (χ2v) is 4.08. The van der Waals surface area contributed by atoms with Crippen molar-refractivity contribution in [1.29, 1.82) is 5.26 Å². The topological polar surface area (TPSA) is 49.8 Å². The lowest BCUT2D eigenvalue weighted by molar-refractivity contribution is 0.577. The number of benzene rings is 1. The summed E-state index contributed by atoms with van der Waals surface area (Å²) in [5.74, 6) is -0.426. The van der Waals surface area contributed by atoms with Crippen LogP contribution < -0.4 is 5.73 Å². The lowest BCUT2D eigenvalue weighted by atomic mass is 10.3. The van der Waals surface area contributed by atoms with Gasteiger partial charge in [0.25, 0.3) is 0 Å². The molecule has 2 nitrogen and oxygen atoms in total. The minimum Gasteiger partial charge on any atom is -0.316 e. The van der Waals surface area contributed by atoms with Gasteiger partial charge in [-0.3, -0.25) is 0 Å². The number of halogens is 2. The maximum atomic E-state index is 13.1. The molecule has 0 aromatic heterocycles. The van der Waals surface area contributed by atoms with Gasteiger partial charge in [-0.15, -0.1) is 11.8 Å². The molecule has 15 heavy (non-hydrogen) atoms. The Labute approximate surface area is 91.1 Å². The summed E-state index contributed by atoms with van der Waals surface area (Å²) in [5.41, 5.74) is 5.36. The zero-order valence-corrected chi connectivity index (χ0v) is 8.73. The van der Waals surface area contributed by atoms with Gasteiger partial charge < -0.3 is 5.73 Å². The molecule has 1 aromatic carbocycles. The van der Waals surface area contributed by atoms with E-state index in [0.29, 0.717) is 12.2 Å². The third-order valence-electron chi connectivity index (χ3n) is 1.75. The van der Waals surface area contributed by atoms with Gasteiger partial charge in [0.1, 0.15) is 11.6 Å². The van der Waals surface area contributed by atoms with Crippen molar-refractivity contribution in [3.63, 3.8) is 0 Å². The minimum atomic E-state index is -0.547. The Balaban J connectivity index is 2.51. The highest BCUT2D eigenvalue weighted by Crippen LogP contribution is 2.23. The molecule has 1 aromatic rings. The van der Waals surface area contributed by atoms with Crippen molar-refractivity contribution < 1.29 is 8.78 Å². The van der Waals surface area contributed by atoms with Gasteiger partial charge >= 0.3 is 0 Å². The molecular formula is C10H10F2N2S. The molecular weight excluding hydrogens is 218 g/mol. The van der Waals surface area contributed by atoms with Crippen LogP contribution in [0.2, 0.25) is 0 Å². The summed E-state index contributed by atoms with van der Waals surface area (Å²) in [5, 5.41) is 8.41. The average Bonchev–Trinajstić information content (AvgIpc) is 2.23. The number of rotatable bonds is 4. The minimum absolute atomic E-state index is 0.250. The summed E-state index contributed by atoms with van der Waals surface area (Å²) < 4.78 is 25.8. The van der Waals surface area contributed by atoms with Crippen LogP contribution in [0.3, 0.4) is 0 Å². The fourth-order valence-corrected chi connectivity index (χ4v) is 1.94. The lowest BCUT2D eigenvalue weighted by Crippen LogP contribution is -2.17. The Morgan fingerprint density at radius 1 is 1.47 bits per heavy atom. The summed E-state index contributed by atoms with van der Waals surface area (Å²) >= 11 is 1.16. The van der Waals surface area contributed by atoms with Crippen molar-refractivity contribution in [2.24, 2.45) is 5.73 Å². The second kappa shape index (κ2) is 5.69. The molecule has 1 rings (SSSR count). The highest BCUT2D eigenvalue weighted by atomic mass is 32.2. The Bertz CT molecular complexity index is 376. The molecule has 0 saturated heterocycles. The monoisotopic (exact) mass is 228 g/mol. The number of nitrogens with zero attached hydrogens (tertiary/aromatic N) is 1. The normalized spacial score (nSPS) is 12.1. The summed E-state index contributed by atoms with van der Waals surface area (Å²) in [4.78, 5) is 0.250. The first kappa shape index (κ1) is 12.0. The van der Waals surface area contributed by atoms with Crippen LogP contribution in [0, 0.1) is 23.0 Å². The molecule has 0 aliphatic carbocycles. The van der Waals surface area contributed by atoms with Crippen molar-refractivity contribution in [3.05, 3.63) is 29.8 Å². The van der Waals surface area contributed by atoms with Crippen LogP contribution in [0.4, 0.5) is 8.78 Å². The molecule has 0 aliphatic heterocycles. The van der Waals surface area contributed by atoms with Gasteiger partial charge in [-0.05, 0) is 24.6 Å². The number of nitriles is 1. The van der Waals surface area contributed by atoms with Crippen molar-refractivity contribution in [1.82, 2.24) is 0 Å². The molecule has 5 heteroatoms. The van der Waals surface area contributed by atoms with Gasteiger partial charge in [0.05, 0.1) is 12.1 Å². The van der Waals surface area contributed by atoms with E-state index in [1.165, 1.54) is 0 Å². The SMILES string of the molecule is N#CC(N)CCSc1cc(F)ccc1F. The van der Waals surface area contributed by atoms with Gasteiger partial charge in [0.15, 0.2) is 0 Å². The van der Waals surface area contributed by atoms with Crippen molar-refractivity contribution in [2.45, 2.75) is 17.4 Å². The summed E-state index contributed by atoms with van der Waals surface area (Å²) in [7, 11) is 0. The van der Waals surface area contributed by atoms with Crippen LogP contribution in [0.5, 0.6) is 0 Å². The van der Waals surface area contributed by atoms with Gasteiger partial charge in [-0.25, -0.2) is 8.78 Å². The van der Waals surface area contributed by atoms with Crippen molar-refractivity contribution in [3.8, 4) is 6.07 Å². The first-order chi connectivity index (χ1) is 7.13. The quantitative estimate of drug-likeness (QED) is 0.804. The molecule has 80 valence electrons. The zero-order valence-electron chi connectivity index (χ0n) is 7.91. The summed E-state index contributed by atoms with van der Waals surface area (Å²) in [6.45, 7) is 0. The Hall–Kier alpha value is -1.12. The molecule has 0 fully saturated rings. The molecule has 0 heterocycles. The molecule has 0 bridgehead atoms. The van der Waals surface area contributed by atoms with Crippen LogP contribution >= 0.6 is 11.8 Å². The molecule has 0 aliphatic rings. The van der Waals surface area contributed by atoms with Crippen LogP contribution in [0.25, 0.3) is 0 Å². The first-order valence-corrected chi connectivity index (χ1v) is 5.35. The Morgan fingerprint density at radius 2 is 2.20 bits per heavy atom. The van der Waals surface area contributed by atoms with E-state index in [9.17, 15) is 8.78 Å². The lowest BCUT2D eigenvalue weighted by Gasteiger charge is -2.04. The van der Waals surface area contributed by atoms with Gasteiger partial charge in [0.2, 0.25) is 0 Å². The number of thioether (sulfide) groups is 1. The smallest absolute Gasteiger partial charge is 0.136 e. The molecule has 0 radical (unpaired) electrons. The highest BCUT2D eigenvalue weighted by Gasteiger charge is 2.06. The first-order valence-electron chi connectivity index (χ1n) is 4.36. The second-order valence-electron chi connectivity index (χ2n) is 2.95. The van der Waals surface area contributed by atoms with E-state index >= 15 is 0 Å². The molecule has 0 saturated carbocycles. The molecule has 0 amide bonds. The van der Waals surface area contributed by atoms with Crippen LogP contribution in [-0.2, 0) is 0 Å². The van der Waals surface area contributed by atoms with Crippen molar-refractivity contribution >= 4 is 11.8 Å². The van der Waals surface area contributed by atoms with E-state index in [1.807, 2.05) is 6.07 Å². The van der Waals surface area contributed by atoms with E-state index in [1.54, 1.807) is 0 Å². The van der Waals surface area contributed by atoms with E-state index < -0.39 is 17.7 Å². The molecule has 0 spiro atoms. The van der Waals surface area contributed by atoms with Gasteiger partial charge in [0, 0.05) is 10.6 Å². The van der Waals surface area contributed by atoms with E-state index in [2.05, 4.69) is 0 Å². The summed E-state index contributed by atoms with van der Waals surface area (Å²) in [6.07, 6.45) is 0.455. The van der Waals surface area contributed by atoms with Crippen LogP contribution in [-0.4, -0.2) is 11.8 Å². The third kappa shape index (κ3) is 3.86. The van der Waals surface area contributed by atoms with Crippen molar-refractivity contribution in [2.75, 3.05) is 5.75 Å².